The summed E-state index contributed by atoms with van der Waals surface area (Å²) in [6.07, 6.45) is 4.78. The van der Waals surface area contributed by atoms with E-state index in [0.717, 1.165) is 18.6 Å². The third kappa shape index (κ3) is 2.39. The van der Waals surface area contributed by atoms with Crippen LogP contribution in [0.1, 0.15) is 53.9 Å². The second-order valence-electron chi connectivity index (χ2n) is 5.67. The molecule has 1 aromatic carbocycles. The van der Waals surface area contributed by atoms with Crippen LogP contribution in [0.4, 0.5) is 0 Å². The highest BCUT2D eigenvalue weighted by Crippen LogP contribution is 2.39. The number of rotatable bonds is 2. The van der Waals surface area contributed by atoms with Crippen molar-refractivity contribution in [3.63, 3.8) is 0 Å². The van der Waals surface area contributed by atoms with Gasteiger partial charge in [-0.15, -0.1) is 0 Å². The molecule has 0 bridgehead atoms. The Hall–Kier alpha value is -1.02. The summed E-state index contributed by atoms with van der Waals surface area (Å²) >= 11 is 0. The number of hydrogen-bond acceptors (Lipinski definition) is 2. The van der Waals surface area contributed by atoms with Crippen LogP contribution in [0.5, 0.6) is 5.75 Å². The average Bonchev–Trinajstić information content (AvgIpc) is 2.36. The lowest BCUT2D eigenvalue weighted by Crippen LogP contribution is -2.26. The normalized spacial score (nSPS) is 24.1. The van der Waals surface area contributed by atoms with E-state index >= 15 is 0 Å². The fraction of sp³-hybridized carbons (Fsp3) is 0.625. The van der Waals surface area contributed by atoms with E-state index in [1.165, 1.54) is 29.5 Å². The lowest BCUT2D eigenvalue weighted by atomic mass is 9.78. The minimum atomic E-state index is 0.418. The highest BCUT2D eigenvalue weighted by Gasteiger charge is 2.24. The van der Waals surface area contributed by atoms with E-state index in [2.05, 4.69) is 26.8 Å². The van der Waals surface area contributed by atoms with Gasteiger partial charge in [0, 0.05) is 6.04 Å². The van der Waals surface area contributed by atoms with Crippen LogP contribution in [-0.4, -0.2) is 13.2 Å². The molecule has 0 saturated heterocycles. The first-order chi connectivity index (χ1) is 8.54. The zero-order valence-corrected chi connectivity index (χ0v) is 12.0. The molecule has 2 rings (SSSR count). The molecule has 0 aliphatic heterocycles. The summed E-state index contributed by atoms with van der Waals surface area (Å²) in [7, 11) is 1.75. The second kappa shape index (κ2) is 5.31. The van der Waals surface area contributed by atoms with E-state index in [0.29, 0.717) is 12.0 Å². The first-order valence-corrected chi connectivity index (χ1v) is 6.94. The maximum absolute atomic E-state index is 6.01. The Morgan fingerprint density at radius 2 is 1.67 bits per heavy atom. The van der Waals surface area contributed by atoms with Gasteiger partial charge in [-0.1, -0.05) is 0 Å². The predicted molar refractivity (Wildman–Crippen MR) is 76.4 cm³/mol. The molecule has 1 saturated carbocycles. The van der Waals surface area contributed by atoms with Crippen LogP contribution in [0.2, 0.25) is 0 Å². The molecule has 1 aliphatic carbocycles. The molecule has 1 aromatic rings. The van der Waals surface area contributed by atoms with E-state index in [4.69, 9.17) is 10.5 Å². The van der Waals surface area contributed by atoms with Gasteiger partial charge in [-0.05, 0) is 80.7 Å². The highest BCUT2D eigenvalue weighted by atomic mass is 16.5. The summed E-state index contributed by atoms with van der Waals surface area (Å²) < 4.78 is 5.45. The molecule has 0 heterocycles. The molecule has 2 N–H and O–H groups in total. The van der Waals surface area contributed by atoms with Gasteiger partial charge in [-0.2, -0.15) is 0 Å². The molecule has 0 amide bonds. The zero-order valence-electron chi connectivity index (χ0n) is 12.0. The first-order valence-electron chi connectivity index (χ1n) is 6.94. The van der Waals surface area contributed by atoms with Crippen LogP contribution in [0.15, 0.2) is 6.07 Å². The fourth-order valence-electron chi connectivity index (χ4n) is 3.31. The maximum atomic E-state index is 6.01. The van der Waals surface area contributed by atoms with E-state index in [1.54, 1.807) is 12.7 Å². The van der Waals surface area contributed by atoms with Gasteiger partial charge in [-0.25, -0.2) is 0 Å². The third-order valence-electron chi connectivity index (χ3n) is 4.51. The SMILES string of the molecule is COc1cc(C)c(C2CCC(N)CC2)c(C)c1C. The van der Waals surface area contributed by atoms with Gasteiger partial charge >= 0.3 is 0 Å². The van der Waals surface area contributed by atoms with Crippen molar-refractivity contribution in [3.8, 4) is 5.75 Å². The van der Waals surface area contributed by atoms with Gasteiger partial charge in [0.15, 0.2) is 0 Å². The number of methoxy groups -OCH3 is 1. The summed E-state index contributed by atoms with van der Waals surface area (Å²) in [6, 6.07) is 2.60. The average molecular weight is 247 g/mol. The van der Waals surface area contributed by atoms with Crippen LogP contribution < -0.4 is 10.5 Å². The van der Waals surface area contributed by atoms with Gasteiger partial charge in [0.2, 0.25) is 0 Å². The number of hydrogen-bond donors (Lipinski definition) is 1. The van der Waals surface area contributed by atoms with Gasteiger partial charge in [0.25, 0.3) is 0 Å². The minimum Gasteiger partial charge on any atom is -0.496 e. The van der Waals surface area contributed by atoms with Gasteiger partial charge < -0.3 is 10.5 Å². The molecule has 100 valence electrons. The zero-order chi connectivity index (χ0) is 13.3. The Balaban J connectivity index is 2.36. The van der Waals surface area contributed by atoms with Crippen LogP contribution in [0.25, 0.3) is 0 Å². The Labute approximate surface area is 111 Å². The second-order valence-corrected chi connectivity index (χ2v) is 5.67. The van der Waals surface area contributed by atoms with E-state index < -0.39 is 0 Å². The third-order valence-corrected chi connectivity index (χ3v) is 4.51. The summed E-state index contributed by atoms with van der Waals surface area (Å²) in [6.45, 7) is 6.60. The van der Waals surface area contributed by atoms with E-state index in [-0.39, 0.29) is 0 Å². The Bertz CT molecular complexity index is 431. The predicted octanol–water partition coefficient (Wildman–Crippen LogP) is 3.61. The summed E-state index contributed by atoms with van der Waals surface area (Å²) in [5.74, 6) is 1.70. The quantitative estimate of drug-likeness (QED) is 0.866. The molecule has 1 aliphatic rings. The van der Waals surface area contributed by atoms with Crippen molar-refractivity contribution in [1.29, 1.82) is 0 Å². The summed E-state index contributed by atoms with van der Waals surface area (Å²) in [5, 5.41) is 0. The monoisotopic (exact) mass is 247 g/mol. The molecule has 0 aromatic heterocycles. The lowest BCUT2D eigenvalue weighted by molar-refractivity contribution is 0.390. The molecule has 0 radical (unpaired) electrons. The molecule has 1 fully saturated rings. The molecule has 2 nitrogen and oxygen atoms in total. The number of nitrogens with two attached hydrogens (primary N) is 1. The van der Waals surface area contributed by atoms with Crippen molar-refractivity contribution in [3.05, 3.63) is 28.3 Å². The molecular weight excluding hydrogens is 222 g/mol. The first kappa shape index (κ1) is 13.4. The Morgan fingerprint density at radius 1 is 1.06 bits per heavy atom. The largest absolute Gasteiger partial charge is 0.496 e. The molecule has 2 heteroatoms. The van der Waals surface area contributed by atoms with Crippen molar-refractivity contribution >= 4 is 0 Å². The minimum absolute atomic E-state index is 0.418. The van der Waals surface area contributed by atoms with E-state index in [1.807, 2.05) is 0 Å². The molecule has 0 spiro atoms. The van der Waals surface area contributed by atoms with Crippen molar-refractivity contribution < 1.29 is 4.74 Å². The van der Waals surface area contributed by atoms with E-state index in [9.17, 15) is 0 Å². The van der Waals surface area contributed by atoms with Crippen LogP contribution in [-0.2, 0) is 0 Å². The van der Waals surface area contributed by atoms with Crippen molar-refractivity contribution in [2.75, 3.05) is 7.11 Å². The number of aryl methyl sites for hydroxylation is 1. The fourth-order valence-corrected chi connectivity index (χ4v) is 3.31. The van der Waals surface area contributed by atoms with Crippen LogP contribution in [0, 0.1) is 20.8 Å². The molecule has 0 unspecified atom stereocenters. The summed E-state index contributed by atoms with van der Waals surface area (Å²) in [5.41, 5.74) is 11.6. The van der Waals surface area contributed by atoms with Crippen molar-refractivity contribution in [2.45, 2.75) is 58.4 Å². The molecule has 0 atom stereocenters. The number of benzene rings is 1. The van der Waals surface area contributed by atoms with Crippen LogP contribution in [0.3, 0.4) is 0 Å². The van der Waals surface area contributed by atoms with Gasteiger partial charge in [-0.3, -0.25) is 0 Å². The topological polar surface area (TPSA) is 35.2 Å². The van der Waals surface area contributed by atoms with Gasteiger partial charge in [0.1, 0.15) is 5.75 Å². The highest BCUT2D eigenvalue weighted by molar-refractivity contribution is 5.49. The Morgan fingerprint density at radius 3 is 2.22 bits per heavy atom. The standard InChI is InChI=1S/C16H25NO/c1-10-9-15(18-4)11(2)12(3)16(10)13-5-7-14(17)8-6-13/h9,13-14H,5-8,17H2,1-4H3. The summed E-state index contributed by atoms with van der Waals surface area (Å²) in [4.78, 5) is 0. The maximum Gasteiger partial charge on any atom is 0.122 e. The van der Waals surface area contributed by atoms with Crippen LogP contribution >= 0.6 is 0 Å². The van der Waals surface area contributed by atoms with Crippen molar-refractivity contribution in [2.24, 2.45) is 5.73 Å². The lowest BCUT2D eigenvalue weighted by Gasteiger charge is -2.29. The molecule has 18 heavy (non-hydrogen) atoms. The molecular formula is C16H25NO. The number of ether oxygens (including phenoxy) is 1. The van der Waals surface area contributed by atoms with Crippen molar-refractivity contribution in [1.82, 2.24) is 0 Å². The van der Waals surface area contributed by atoms with Gasteiger partial charge in [0.05, 0.1) is 7.11 Å². The Kier molecular flexibility index (Phi) is 3.96. The smallest absolute Gasteiger partial charge is 0.122 e.